The molecule has 0 saturated carbocycles. The minimum absolute atomic E-state index is 0.160. The van der Waals surface area contributed by atoms with E-state index in [0.717, 1.165) is 18.7 Å². The summed E-state index contributed by atoms with van der Waals surface area (Å²) in [4.78, 5) is 0. The topological polar surface area (TPSA) is 49.0 Å². The van der Waals surface area contributed by atoms with Crippen molar-refractivity contribution in [3.63, 3.8) is 0 Å². The number of hydrogen-bond acceptors (Lipinski definition) is 5. The van der Waals surface area contributed by atoms with Gasteiger partial charge in [-0.25, -0.2) is 0 Å². The smallest absolute Gasteiger partial charge is 0.203 e. The SMILES string of the molecule is COc1cc([C@@H]2COCCN2)cc(OC)c1OC. The summed E-state index contributed by atoms with van der Waals surface area (Å²) in [6, 6.07) is 4.06. The Labute approximate surface area is 107 Å². The van der Waals surface area contributed by atoms with Crippen molar-refractivity contribution in [2.45, 2.75) is 6.04 Å². The highest BCUT2D eigenvalue weighted by molar-refractivity contribution is 5.54. The number of ether oxygens (including phenoxy) is 4. The van der Waals surface area contributed by atoms with Crippen LogP contribution in [0.2, 0.25) is 0 Å². The molecule has 1 aliphatic rings. The van der Waals surface area contributed by atoms with Crippen molar-refractivity contribution >= 4 is 0 Å². The van der Waals surface area contributed by atoms with Crippen LogP contribution in [0.3, 0.4) is 0 Å². The molecule has 0 amide bonds. The van der Waals surface area contributed by atoms with Crippen LogP contribution in [-0.2, 0) is 4.74 Å². The second-order valence-corrected chi connectivity index (χ2v) is 4.04. The molecule has 2 rings (SSSR count). The molecule has 0 radical (unpaired) electrons. The number of rotatable bonds is 4. The van der Waals surface area contributed by atoms with Crippen LogP contribution in [-0.4, -0.2) is 41.1 Å². The summed E-state index contributed by atoms with van der Waals surface area (Å²) in [6.45, 7) is 2.25. The zero-order valence-corrected chi connectivity index (χ0v) is 11.0. The van der Waals surface area contributed by atoms with E-state index in [4.69, 9.17) is 18.9 Å². The molecule has 1 N–H and O–H groups in total. The summed E-state index contributed by atoms with van der Waals surface area (Å²) >= 11 is 0. The van der Waals surface area contributed by atoms with Gasteiger partial charge in [-0.3, -0.25) is 0 Å². The highest BCUT2D eigenvalue weighted by Gasteiger charge is 2.20. The first-order chi connectivity index (χ1) is 8.80. The lowest BCUT2D eigenvalue weighted by molar-refractivity contribution is 0.0767. The molecule has 5 nitrogen and oxygen atoms in total. The van der Waals surface area contributed by atoms with E-state index in [1.54, 1.807) is 21.3 Å². The molecule has 1 saturated heterocycles. The summed E-state index contributed by atoms with van der Waals surface area (Å²) in [6.07, 6.45) is 0. The zero-order chi connectivity index (χ0) is 13.0. The normalized spacial score (nSPS) is 19.4. The number of hydrogen-bond donors (Lipinski definition) is 1. The predicted molar refractivity (Wildman–Crippen MR) is 67.7 cm³/mol. The maximum atomic E-state index is 5.46. The average molecular weight is 253 g/mol. The lowest BCUT2D eigenvalue weighted by Gasteiger charge is -2.25. The Morgan fingerprint density at radius 3 is 2.22 bits per heavy atom. The van der Waals surface area contributed by atoms with Gasteiger partial charge in [0, 0.05) is 6.54 Å². The highest BCUT2D eigenvalue weighted by Crippen LogP contribution is 2.39. The van der Waals surface area contributed by atoms with Crippen LogP contribution in [0, 0.1) is 0 Å². The van der Waals surface area contributed by atoms with Gasteiger partial charge in [0.15, 0.2) is 11.5 Å². The van der Waals surface area contributed by atoms with Gasteiger partial charge in [-0.15, -0.1) is 0 Å². The lowest BCUT2D eigenvalue weighted by atomic mass is 10.1. The average Bonchev–Trinajstić information content (AvgIpc) is 2.46. The summed E-state index contributed by atoms with van der Waals surface area (Å²) in [5.74, 6) is 1.94. The van der Waals surface area contributed by atoms with Crippen molar-refractivity contribution < 1.29 is 18.9 Å². The standard InChI is InChI=1S/C13H19NO4/c1-15-11-6-9(10-8-18-5-4-14-10)7-12(16-2)13(11)17-3/h6-7,10,14H,4-5,8H2,1-3H3/t10-/m0/s1. The molecule has 1 fully saturated rings. The molecule has 100 valence electrons. The summed E-state index contributed by atoms with van der Waals surface area (Å²) < 4.78 is 21.4. The maximum Gasteiger partial charge on any atom is 0.203 e. The zero-order valence-electron chi connectivity index (χ0n) is 11.0. The first-order valence-electron chi connectivity index (χ1n) is 5.91. The van der Waals surface area contributed by atoms with E-state index < -0.39 is 0 Å². The molecule has 0 bridgehead atoms. The van der Waals surface area contributed by atoms with E-state index in [9.17, 15) is 0 Å². The van der Waals surface area contributed by atoms with Gasteiger partial charge >= 0.3 is 0 Å². The van der Waals surface area contributed by atoms with Crippen molar-refractivity contribution in [1.29, 1.82) is 0 Å². The Morgan fingerprint density at radius 1 is 1.11 bits per heavy atom. The highest BCUT2D eigenvalue weighted by atomic mass is 16.5. The monoisotopic (exact) mass is 253 g/mol. The van der Waals surface area contributed by atoms with Gasteiger partial charge in [0.2, 0.25) is 5.75 Å². The summed E-state index contributed by atoms with van der Waals surface area (Å²) in [5.41, 5.74) is 1.07. The molecule has 0 aromatic heterocycles. The van der Waals surface area contributed by atoms with Crippen LogP contribution in [0.4, 0.5) is 0 Å². The van der Waals surface area contributed by atoms with E-state index in [2.05, 4.69) is 5.32 Å². The van der Waals surface area contributed by atoms with Gasteiger partial charge in [0.25, 0.3) is 0 Å². The maximum absolute atomic E-state index is 5.46. The van der Waals surface area contributed by atoms with Gasteiger partial charge < -0.3 is 24.3 Å². The quantitative estimate of drug-likeness (QED) is 0.878. The van der Waals surface area contributed by atoms with Crippen LogP contribution in [0.1, 0.15) is 11.6 Å². The van der Waals surface area contributed by atoms with Gasteiger partial charge in [-0.1, -0.05) is 0 Å². The number of nitrogens with one attached hydrogen (secondary N) is 1. The third-order valence-electron chi connectivity index (χ3n) is 3.01. The molecule has 1 atom stereocenters. The summed E-state index contributed by atoms with van der Waals surface area (Å²) in [5, 5.41) is 3.40. The summed E-state index contributed by atoms with van der Waals surface area (Å²) in [7, 11) is 4.83. The molecular weight excluding hydrogens is 234 g/mol. The third kappa shape index (κ3) is 2.52. The van der Waals surface area contributed by atoms with Crippen LogP contribution in [0.25, 0.3) is 0 Å². The predicted octanol–water partition coefficient (Wildman–Crippen LogP) is 1.37. The van der Waals surface area contributed by atoms with Crippen LogP contribution in [0.15, 0.2) is 12.1 Å². The molecule has 0 aliphatic carbocycles. The first-order valence-corrected chi connectivity index (χ1v) is 5.91. The Bertz CT molecular complexity index is 377. The van der Waals surface area contributed by atoms with Crippen molar-refractivity contribution in [3.05, 3.63) is 17.7 Å². The van der Waals surface area contributed by atoms with Gasteiger partial charge in [-0.05, 0) is 17.7 Å². The Balaban J connectivity index is 2.35. The van der Waals surface area contributed by atoms with Crippen LogP contribution < -0.4 is 19.5 Å². The molecule has 1 aliphatic heterocycles. The molecule has 18 heavy (non-hydrogen) atoms. The van der Waals surface area contributed by atoms with Crippen molar-refractivity contribution in [2.24, 2.45) is 0 Å². The fourth-order valence-corrected chi connectivity index (χ4v) is 2.08. The van der Waals surface area contributed by atoms with Gasteiger partial charge in [0.1, 0.15) is 0 Å². The molecule has 0 unspecified atom stereocenters. The van der Waals surface area contributed by atoms with E-state index in [1.165, 1.54) is 0 Å². The Hall–Kier alpha value is -1.46. The second-order valence-electron chi connectivity index (χ2n) is 4.04. The molecule has 1 heterocycles. The number of morpholine rings is 1. The minimum Gasteiger partial charge on any atom is -0.493 e. The fraction of sp³-hybridized carbons (Fsp3) is 0.538. The van der Waals surface area contributed by atoms with E-state index in [-0.39, 0.29) is 6.04 Å². The van der Waals surface area contributed by atoms with Gasteiger partial charge in [-0.2, -0.15) is 0 Å². The fourth-order valence-electron chi connectivity index (χ4n) is 2.08. The van der Waals surface area contributed by atoms with Crippen molar-refractivity contribution in [3.8, 4) is 17.2 Å². The van der Waals surface area contributed by atoms with Gasteiger partial charge in [0.05, 0.1) is 40.6 Å². The Morgan fingerprint density at radius 2 is 1.78 bits per heavy atom. The third-order valence-corrected chi connectivity index (χ3v) is 3.01. The van der Waals surface area contributed by atoms with Crippen LogP contribution in [0.5, 0.6) is 17.2 Å². The van der Waals surface area contributed by atoms with Crippen molar-refractivity contribution in [1.82, 2.24) is 5.32 Å². The minimum atomic E-state index is 0.160. The van der Waals surface area contributed by atoms with E-state index in [1.807, 2.05) is 12.1 Å². The number of benzene rings is 1. The molecule has 5 heteroatoms. The molecule has 1 aromatic rings. The molecule has 1 aromatic carbocycles. The van der Waals surface area contributed by atoms with E-state index >= 15 is 0 Å². The molecular formula is C13H19NO4. The largest absolute Gasteiger partial charge is 0.493 e. The Kier molecular flexibility index (Phi) is 4.28. The first kappa shape index (κ1) is 13.0. The number of methoxy groups -OCH3 is 3. The molecule has 0 spiro atoms. The second kappa shape index (κ2) is 5.93. The lowest BCUT2D eigenvalue weighted by Crippen LogP contribution is -2.34. The van der Waals surface area contributed by atoms with Crippen molar-refractivity contribution in [2.75, 3.05) is 41.1 Å². The van der Waals surface area contributed by atoms with E-state index in [0.29, 0.717) is 23.9 Å². The van der Waals surface area contributed by atoms with Crippen LogP contribution >= 0.6 is 0 Å².